The van der Waals surface area contributed by atoms with Gasteiger partial charge in [0.25, 0.3) is 0 Å². The summed E-state index contributed by atoms with van der Waals surface area (Å²) in [5.74, 6) is -0.151. The lowest BCUT2D eigenvalue weighted by Crippen LogP contribution is -1.98. The molecule has 0 spiro atoms. The largest absolute Gasteiger partial charge is 0.370 e. The van der Waals surface area contributed by atoms with E-state index >= 15 is 0 Å². The van der Waals surface area contributed by atoms with Crippen LogP contribution in [-0.4, -0.2) is 11.5 Å². The Morgan fingerprint density at radius 3 is 2.83 bits per heavy atom. The van der Waals surface area contributed by atoms with Crippen molar-refractivity contribution in [3.05, 3.63) is 48.2 Å². The predicted molar refractivity (Wildman–Crippen MR) is 68.9 cm³/mol. The van der Waals surface area contributed by atoms with Gasteiger partial charge < -0.3 is 5.32 Å². The molecule has 0 unspecified atom stereocenters. The molecule has 0 aliphatic heterocycles. The molecule has 0 aliphatic rings. The number of anilines is 1. The first-order valence-corrected chi connectivity index (χ1v) is 6.33. The van der Waals surface area contributed by atoms with Crippen molar-refractivity contribution in [3.63, 3.8) is 0 Å². The number of halogens is 2. The van der Waals surface area contributed by atoms with Crippen molar-refractivity contribution >= 4 is 17.6 Å². The van der Waals surface area contributed by atoms with Gasteiger partial charge in [0.2, 0.25) is 0 Å². The number of hydrogen-bond donors (Lipinski definition) is 1. The first kappa shape index (κ1) is 12.8. The van der Waals surface area contributed by atoms with Crippen molar-refractivity contribution in [1.82, 2.24) is 4.98 Å². The third kappa shape index (κ3) is 3.20. The second kappa shape index (κ2) is 5.82. The zero-order valence-corrected chi connectivity index (χ0v) is 10.6. The van der Waals surface area contributed by atoms with E-state index in [1.54, 1.807) is 18.3 Å². The van der Waals surface area contributed by atoms with E-state index in [0.717, 1.165) is 29.4 Å². The van der Waals surface area contributed by atoms with Gasteiger partial charge >= 0.3 is 0 Å². The molecule has 0 aliphatic carbocycles. The number of hydrogen-bond acceptors (Lipinski definition) is 3. The van der Waals surface area contributed by atoms with Gasteiger partial charge in [0.1, 0.15) is 17.5 Å². The molecule has 18 heavy (non-hydrogen) atoms. The highest BCUT2D eigenvalue weighted by atomic mass is 32.2. The maximum Gasteiger partial charge on any atom is 0.137 e. The molecule has 0 fully saturated rings. The van der Waals surface area contributed by atoms with Crippen LogP contribution in [0.25, 0.3) is 0 Å². The summed E-state index contributed by atoms with van der Waals surface area (Å²) < 4.78 is 26.5. The summed E-state index contributed by atoms with van der Waals surface area (Å²) in [6.07, 6.45) is 1.64. The molecule has 0 saturated carbocycles. The molecule has 2 rings (SSSR count). The Hall–Kier alpha value is -1.62. The van der Waals surface area contributed by atoms with E-state index in [4.69, 9.17) is 0 Å². The minimum Gasteiger partial charge on any atom is -0.370 e. The SMILES string of the molecule is CCNc1cc(Sc2cc(F)ccc2F)ccn1. The van der Waals surface area contributed by atoms with Crippen LogP contribution >= 0.6 is 11.8 Å². The fourth-order valence-corrected chi connectivity index (χ4v) is 2.33. The van der Waals surface area contributed by atoms with Crippen LogP contribution in [0.1, 0.15) is 6.92 Å². The molecular formula is C13H12F2N2S. The summed E-state index contributed by atoms with van der Waals surface area (Å²) in [7, 11) is 0. The van der Waals surface area contributed by atoms with Crippen LogP contribution < -0.4 is 5.32 Å². The fourth-order valence-electron chi connectivity index (χ4n) is 1.43. The zero-order chi connectivity index (χ0) is 13.0. The van der Waals surface area contributed by atoms with Gasteiger partial charge in [-0.15, -0.1) is 0 Å². The Labute approximate surface area is 108 Å². The third-order valence-electron chi connectivity index (χ3n) is 2.21. The van der Waals surface area contributed by atoms with Crippen molar-refractivity contribution in [2.45, 2.75) is 16.7 Å². The van der Waals surface area contributed by atoms with Gasteiger partial charge in [-0.1, -0.05) is 11.8 Å². The number of nitrogens with zero attached hydrogens (tertiary/aromatic N) is 1. The molecule has 2 aromatic rings. The van der Waals surface area contributed by atoms with Crippen LogP contribution in [-0.2, 0) is 0 Å². The van der Waals surface area contributed by atoms with Crippen molar-refractivity contribution in [1.29, 1.82) is 0 Å². The van der Waals surface area contributed by atoms with Crippen LogP contribution in [0.3, 0.4) is 0 Å². The van der Waals surface area contributed by atoms with Crippen LogP contribution in [0.15, 0.2) is 46.3 Å². The van der Waals surface area contributed by atoms with Crippen molar-refractivity contribution < 1.29 is 8.78 Å². The molecule has 1 N–H and O–H groups in total. The predicted octanol–water partition coefficient (Wildman–Crippen LogP) is 3.94. The van der Waals surface area contributed by atoms with E-state index in [1.165, 1.54) is 17.8 Å². The van der Waals surface area contributed by atoms with Gasteiger partial charge in [-0.2, -0.15) is 0 Å². The van der Waals surface area contributed by atoms with Crippen LogP contribution in [0.5, 0.6) is 0 Å². The number of nitrogens with one attached hydrogen (secondary N) is 1. The average Bonchev–Trinajstić information content (AvgIpc) is 2.35. The smallest absolute Gasteiger partial charge is 0.137 e. The summed E-state index contributed by atoms with van der Waals surface area (Å²) in [6, 6.07) is 6.99. The molecule has 0 radical (unpaired) electrons. The number of aromatic nitrogens is 1. The number of benzene rings is 1. The van der Waals surface area contributed by atoms with Crippen LogP contribution in [0.2, 0.25) is 0 Å². The topological polar surface area (TPSA) is 24.9 Å². The first-order valence-electron chi connectivity index (χ1n) is 5.52. The molecule has 1 aromatic carbocycles. The highest BCUT2D eigenvalue weighted by molar-refractivity contribution is 7.99. The molecule has 0 atom stereocenters. The van der Waals surface area contributed by atoms with Crippen LogP contribution in [0.4, 0.5) is 14.6 Å². The van der Waals surface area contributed by atoms with E-state index in [1.807, 2.05) is 6.92 Å². The van der Waals surface area contributed by atoms with E-state index in [-0.39, 0.29) is 4.90 Å². The van der Waals surface area contributed by atoms with E-state index in [2.05, 4.69) is 10.3 Å². The second-order valence-electron chi connectivity index (χ2n) is 3.58. The number of pyridine rings is 1. The lowest BCUT2D eigenvalue weighted by molar-refractivity contribution is 0.577. The molecule has 0 bridgehead atoms. The second-order valence-corrected chi connectivity index (χ2v) is 4.70. The zero-order valence-electron chi connectivity index (χ0n) is 9.78. The Bertz CT molecular complexity index is 546. The lowest BCUT2D eigenvalue weighted by atomic mass is 10.3. The van der Waals surface area contributed by atoms with Crippen molar-refractivity contribution in [2.75, 3.05) is 11.9 Å². The standard InChI is InChI=1S/C13H12F2N2S/c1-2-16-13-8-10(5-6-17-13)18-12-7-9(14)3-4-11(12)15/h3-8H,2H2,1H3,(H,16,17). The maximum atomic E-state index is 13.5. The molecule has 0 saturated heterocycles. The third-order valence-corrected chi connectivity index (χ3v) is 3.23. The molecule has 94 valence electrons. The van der Waals surface area contributed by atoms with Gasteiger partial charge in [-0.3, -0.25) is 0 Å². The quantitative estimate of drug-likeness (QED) is 0.907. The monoisotopic (exact) mass is 266 g/mol. The minimum absolute atomic E-state index is 0.267. The summed E-state index contributed by atoms with van der Waals surface area (Å²) in [5, 5.41) is 3.07. The molecular weight excluding hydrogens is 254 g/mol. The van der Waals surface area contributed by atoms with Crippen LogP contribution in [0, 0.1) is 11.6 Å². The number of rotatable bonds is 4. The molecule has 1 aromatic heterocycles. The minimum atomic E-state index is -0.445. The Morgan fingerprint density at radius 2 is 2.06 bits per heavy atom. The van der Waals surface area contributed by atoms with E-state index < -0.39 is 11.6 Å². The first-order chi connectivity index (χ1) is 8.69. The summed E-state index contributed by atoms with van der Waals surface area (Å²) >= 11 is 1.17. The van der Waals surface area contributed by atoms with Gasteiger partial charge in [0, 0.05) is 17.6 Å². The molecule has 1 heterocycles. The van der Waals surface area contributed by atoms with Gasteiger partial charge in [-0.05, 0) is 37.3 Å². The fraction of sp³-hybridized carbons (Fsp3) is 0.154. The highest BCUT2D eigenvalue weighted by Gasteiger charge is 2.06. The Morgan fingerprint density at radius 1 is 1.22 bits per heavy atom. The molecule has 0 amide bonds. The van der Waals surface area contributed by atoms with Gasteiger partial charge in [-0.25, -0.2) is 13.8 Å². The highest BCUT2D eigenvalue weighted by Crippen LogP contribution is 2.31. The lowest BCUT2D eigenvalue weighted by Gasteiger charge is -2.06. The Kier molecular flexibility index (Phi) is 4.15. The van der Waals surface area contributed by atoms with Crippen molar-refractivity contribution in [3.8, 4) is 0 Å². The normalized spacial score (nSPS) is 10.4. The van der Waals surface area contributed by atoms with Crippen molar-refractivity contribution in [2.24, 2.45) is 0 Å². The maximum absolute atomic E-state index is 13.5. The molecule has 2 nitrogen and oxygen atoms in total. The average molecular weight is 266 g/mol. The van der Waals surface area contributed by atoms with Gasteiger partial charge in [0.15, 0.2) is 0 Å². The van der Waals surface area contributed by atoms with Gasteiger partial charge in [0.05, 0.1) is 4.90 Å². The Balaban J connectivity index is 2.22. The summed E-state index contributed by atoms with van der Waals surface area (Å²) in [5.41, 5.74) is 0. The summed E-state index contributed by atoms with van der Waals surface area (Å²) in [6.45, 7) is 2.73. The van der Waals surface area contributed by atoms with E-state index in [0.29, 0.717) is 0 Å². The van der Waals surface area contributed by atoms with E-state index in [9.17, 15) is 8.78 Å². The summed E-state index contributed by atoms with van der Waals surface area (Å²) in [4.78, 5) is 5.20. The molecule has 5 heteroatoms.